The van der Waals surface area contributed by atoms with Gasteiger partial charge in [0.2, 0.25) is 0 Å². The quantitative estimate of drug-likeness (QED) is 0.157. The first-order valence-electron chi connectivity index (χ1n) is 11.3. The molecule has 0 aromatic heterocycles. The zero-order chi connectivity index (χ0) is 26.5. The van der Waals surface area contributed by atoms with Crippen LogP contribution >= 0.6 is 22.6 Å². The first kappa shape index (κ1) is 37.9. The Balaban J connectivity index is -0.000000428. The third-order valence-electron chi connectivity index (χ3n) is 4.24. The van der Waals surface area contributed by atoms with Crippen molar-refractivity contribution in [2.45, 2.75) is 45.4 Å². The number of ether oxygens (including phenoxy) is 6. The van der Waals surface area contributed by atoms with E-state index in [0.29, 0.717) is 39.3 Å². The topological polar surface area (TPSA) is 89.5 Å². The van der Waals surface area contributed by atoms with E-state index < -0.39 is 0 Å². The van der Waals surface area contributed by atoms with Crippen molar-refractivity contribution in [2.75, 3.05) is 82.3 Å². The second-order valence-corrected chi connectivity index (χ2v) is 7.80. The Bertz CT molecular complexity index is 491. The average molecular weight is 603 g/mol. The third-order valence-corrected chi connectivity index (χ3v) is 5.12. The second-order valence-electron chi connectivity index (χ2n) is 7.18. The van der Waals surface area contributed by atoms with Crippen LogP contribution in [0.15, 0.2) is 21.3 Å². The molecule has 0 fully saturated rings. The zero-order valence-corrected chi connectivity index (χ0v) is 24.4. The maximum Gasteiger partial charge on any atom is 0.152 e. The molecule has 0 bridgehead atoms. The smallest absolute Gasteiger partial charge is 0.152 e. The molecule has 0 saturated carbocycles. The molecule has 8 nitrogen and oxygen atoms in total. The number of carbonyl (C=O) groups is 2. The van der Waals surface area contributed by atoms with Crippen LogP contribution in [0, 0.1) is 0 Å². The van der Waals surface area contributed by atoms with Gasteiger partial charge in [-0.25, -0.2) is 0 Å². The lowest BCUT2D eigenvalue weighted by Crippen LogP contribution is -2.05. The number of ketones is 2. The molecule has 0 spiro atoms. The van der Waals surface area contributed by atoms with Gasteiger partial charge in [-0.15, -0.1) is 0 Å². The van der Waals surface area contributed by atoms with Crippen molar-refractivity contribution in [1.29, 1.82) is 0 Å². The summed E-state index contributed by atoms with van der Waals surface area (Å²) >= 11 is 2.26. The molecule has 9 heteroatoms. The van der Waals surface area contributed by atoms with Crippen molar-refractivity contribution >= 4 is 34.2 Å². The minimum atomic E-state index is 0.0854. The van der Waals surface area contributed by atoms with Crippen LogP contribution in [0.3, 0.4) is 0 Å². The predicted octanol–water partition coefficient (Wildman–Crippen LogP) is 4.58. The SMILES string of the molecule is COCCC(=CC(C)=O)CCOC.COCCC(=CI)CCOC.COCCC(=O)CCOC. The molecule has 0 radical (unpaired) electrons. The highest BCUT2D eigenvalue weighted by Crippen LogP contribution is 2.09. The number of hydrogen-bond acceptors (Lipinski definition) is 8. The first-order chi connectivity index (χ1) is 16.4. The lowest BCUT2D eigenvalue weighted by molar-refractivity contribution is -0.120. The van der Waals surface area contributed by atoms with Gasteiger partial charge in [0.1, 0.15) is 5.78 Å². The fraction of sp³-hybridized carbons (Fsp3) is 0.760. The molecule has 0 aliphatic heterocycles. The molecule has 0 aliphatic carbocycles. The lowest BCUT2D eigenvalue weighted by atomic mass is 10.1. The summed E-state index contributed by atoms with van der Waals surface area (Å²) in [4.78, 5) is 21.6. The number of rotatable bonds is 19. The van der Waals surface area contributed by atoms with E-state index in [4.69, 9.17) is 28.4 Å². The van der Waals surface area contributed by atoms with E-state index in [-0.39, 0.29) is 11.6 Å². The average Bonchev–Trinajstić information content (AvgIpc) is 2.83. The summed E-state index contributed by atoms with van der Waals surface area (Å²) in [6.45, 7) is 5.51. The molecule has 0 unspecified atom stereocenters. The summed E-state index contributed by atoms with van der Waals surface area (Å²) in [5, 5.41) is 0. The molecule has 0 aromatic carbocycles. The van der Waals surface area contributed by atoms with Crippen molar-refractivity contribution in [1.82, 2.24) is 0 Å². The van der Waals surface area contributed by atoms with Crippen molar-refractivity contribution in [3.05, 3.63) is 21.3 Å². The summed E-state index contributed by atoms with van der Waals surface area (Å²) in [7, 11) is 9.93. The van der Waals surface area contributed by atoms with Crippen molar-refractivity contribution < 1.29 is 38.0 Å². The van der Waals surface area contributed by atoms with Crippen molar-refractivity contribution in [3.8, 4) is 0 Å². The van der Waals surface area contributed by atoms with Crippen LogP contribution in [0.1, 0.15) is 45.4 Å². The minimum Gasteiger partial charge on any atom is -0.384 e. The van der Waals surface area contributed by atoms with E-state index in [9.17, 15) is 9.59 Å². The van der Waals surface area contributed by atoms with Gasteiger partial charge in [-0.3, -0.25) is 9.59 Å². The predicted molar refractivity (Wildman–Crippen MR) is 145 cm³/mol. The van der Waals surface area contributed by atoms with Gasteiger partial charge in [0.25, 0.3) is 0 Å². The van der Waals surface area contributed by atoms with E-state index in [1.165, 1.54) is 5.57 Å². The van der Waals surface area contributed by atoms with Gasteiger partial charge in [0, 0.05) is 81.9 Å². The van der Waals surface area contributed by atoms with E-state index >= 15 is 0 Å². The summed E-state index contributed by atoms with van der Waals surface area (Å²) in [5.41, 5.74) is 2.49. The van der Waals surface area contributed by atoms with Crippen LogP contribution < -0.4 is 0 Å². The summed E-state index contributed by atoms with van der Waals surface area (Å²) < 4.78 is 31.4. The number of methoxy groups -OCH3 is 6. The Morgan fingerprint density at radius 1 is 0.559 bits per heavy atom. The molecular formula is C25H47IO8. The highest BCUT2D eigenvalue weighted by molar-refractivity contribution is 14.1. The molecule has 0 N–H and O–H groups in total. The number of halogens is 1. The van der Waals surface area contributed by atoms with E-state index in [1.807, 2.05) is 0 Å². The third kappa shape index (κ3) is 33.5. The van der Waals surface area contributed by atoms with E-state index in [1.54, 1.807) is 55.7 Å². The molecule has 0 aliphatic rings. The van der Waals surface area contributed by atoms with Gasteiger partial charge in [-0.1, -0.05) is 33.7 Å². The zero-order valence-electron chi connectivity index (χ0n) is 22.3. The minimum absolute atomic E-state index is 0.0854. The molecule has 0 atom stereocenters. The van der Waals surface area contributed by atoms with Crippen LogP contribution in [0.2, 0.25) is 0 Å². The van der Waals surface area contributed by atoms with Crippen LogP contribution in [0.25, 0.3) is 0 Å². The Morgan fingerprint density at radius 2 is 0.853 bits per heavy atom. The first-order valence-corrected chi connectivity index (χ1v) is 12.5. The molecular weight excluding hydrogens is 555 g/mol. The van der Waals surface area contributed by atoms with Gasteiger partial charge in [-0.05, 0) is 42.8 Å². The number of carbonyl (C=O) groups excluding carboxylic acids is 2. The fourth-order valence-electron chi connectivity index (χ4n) is 2.28. The van der Waals surface area contributed by atoms with Gasteiger partial charge < -0.3 is 28.4 Å². The Hall–Kier alpha value is -0.690. The van der Waals surface area contributed by atoms with Gasteiger partial charge in [-0.2, -0.15) is 0 Å². The van der Waals surface area contributed by atoms with Gasteiger partial charge >= 0.3 is 0 Å². The standard InChI is InChI=1S/C10H18O3.C8H15IO2.C7H14O3/c1-9(11)8-10(4-6-12-2)5-7-13-3;1-10-5-3-8(7-9)4-6-11-2;1-9-5-3-7(8)4-6-10-2/h8H,4-7H2,1-3H3;7H,3-6H2,1-2H3;3-6H2,1-2H3. The van der Waals surface area contributed by atoms with Gasteiger partial charge in [0.05, 0.1) is 13.2 Å². The number of hydrogen-bond donors (Lipinski definition) is 0. The maximum atomic E-state index is 10.8. The molecule has 202 valence electrons. The molecule has 0 saturated heterocycles. The molecule has 34 heavy (non-hydrogen) atoms. The normalized spacial score (nSPS) is 9.76. The Kier molecular flexibility index (Phi) is 36.0. The second kappa shape index (κ2) is 32.3. The highest BCUT2D eigenvalue weighted by atomic mass is 127. The lowest BCUT2D eigenvalue weighted by Gasteiger charge is -2.05. The molecule has 0 heterocycles. The molecule has 0 aromatic rings. The number of allylic oxidation sites excluding steroid dienone is 1. The molecule has 0 amide bonds. The Morgan fingerprint density at radius 3 is 1.12 bits per heavy atom. The van der Waals surface area contributed by atoms with Crippen LogP contribution in [0.5, 0.6) is 0 Å². The summed E-state index contributed by atoms with van der Waals surface area (Å²) in [5.74, 6) is 0.283. The van der Waals surface area contributed by atoms with Crippen molar-refractivity contribution in [2.24, 2.45) is 0 Å². The van der Waals surface area contributed by atoms with E-state index in [0.717, 1.165) is 44.5 Å². The van der Waals surface area contributed by atoms with Gasteiger partial charge in [0.15, 0.2) is 5.78 Å². The highest BCUT2D eigenvalue weighted by Gasteiger charge is 2.00. The summed E-state index contributed by atoms with van der Waals surface area (Å²) in [6.07, 6.45) is 6.31. The Labute approximate surface area is 220 Å². The maximum absolute atomic E-state index is 10.8. The monoisotopic (exact) mass is 602 g/mol. The van der Waals surface area contributed by atoms with E-state index in [2.05, 4.69) is 26.7 Å². The van der Waals surface area contributed by atoms with Crippen molar-refractivity contribution in [3.63, 3.8) is 0 Å². The van der Waals surface area contributed by atoms with Crippen LogP contribution in [0.4, 0.5) is 0 Å². The fourth-order valence-corrected chi connectivity index (χ4v) is 2.90. The molecule has 0 rings (SSSR count). The summed E-state index contributed by atoms with van der Waals surface area (Å²) in [6, 6.07) is 0. The van der Waals surface area contributed by atoms with Crippen LogP contribution in [-0.4, -0.2) is 93.9 Å². The van der Waals surface area contributed by atoms with Crippen LogP contribution in [-0.2, 0) is 38.0 Å². The number of Topliss-reactive ketones (excluding diaryl/α,β-unsaturated/α-hetero) is 1. The largest absolute Gasteiger partial charge is 0.384 e.